The number of ether oxygens (including phenoxy) is 1. The van der Waals surface area contributed by atoms with Crippen LogP contribution < -0.4 is 16.8 Å². The molecule has 21 heavy (non-hydrogen) atoms. The fraction of sp³-hybridized carbons (Fsp3) is 0.273. The molecule has 0 aliphatic rings. The van der Waals surface area contributed by atoms with Crippen LogP contribution in [0, 0.1) is 6.92 Å². The zero-order valence-corrected chi connectivity index (χ0v) is 12.1. The molecule has 2 aromatic heterocycles. The fourth-order valence-corrected chi connectivity index (χ4v) is 2.58. The normalized spacial score (nSPS) is 10.4. The summed E-state index contributed by atoms with van der Waals surface area (Å²) >= 11 is 0.963. The van der Waals surface area contributed by atoms with Crippen molar-refractivity contribution in [2.24, 2.45) is 5.73 Å². The Morgan fingerprint density at radius 1 is 1.48 bits per heavy atom. The number of carbonyl (C=O) groups excluding carboxylic acids is 2. The number of aryl methyl sites for hydroxylation is 1. The van der Waals surface area contributed by atoms with Gasteiger partial charge in [-0.25, -0.2) is 4.79 Å². The van der Waals surface area contributed by atoms with Crippen LogP contribution in [0.2, 0.25) is 0 Å². The smallest absolute Gasteiger partial charge is 0.343 e. The third-order valence-corrected chi connectivity index (χ3v) is 3.71. The standard InChI is InChI=1S/C11H13N5O4S/c1-4-15-5(20-16-4)3-14-10-6(11(18)19-2)7(12)8(21-10)9(13)17/h14H,3,12H2,1-2H3,(H2,13,17). The van der Waals surface area contributed by atoms with Crippen LogP contribution in [-0.4, -0.2) is 29.1 Å². The maximum Gasteiger partial charge on any atom is 0.343 e. The topological polar surface area (TPSA) is 146 Å². The average molecular weight is 311 g/mol. The van der Waals surface area contributed by atoms with Crippen molar-refractivity contribution in [1.82, 2.24) is 10.1 Å². The number of nitrogens with zero attached hydrogens (tertiary/aromatic N) is 2. The molecule has 2 heterocycles. The number of methoxy groups -OCH3 is 1. The van der Waals surface area contributed by atoms with Crippen molar-refractivity contribution in [3.8, 4) is 0 Å². The van der Waals surface area contributed by atoms with E-state index < -0.39 is 11.9 Å². The number of thiophene rings is 1. The summed E-state index contributed by atoms with van der Waals surface area (Å²) < 4.78 is 9.59. The number of primary amides is 1. The summed E-state index contributed by atoms with van der Waals surface area (Å²) in [4.78, 5) is 27.2. The molecular weight excluding hydrogens is 298 g/mol. The highest BCUT2D eigenvalue weighted by Gasteiger charge is 2.25. The van der Waals surface area contributed by atoms with Gasteiger partial charge in [-0.2, -0.15) is 4.98 Å². The molecule has 0 radical (unpaired) electrons. The molecule has 9 nitrogen and oxygen atoms in total. The molecule has 0 spiro atoms. The lowest BCUT2D eigenvalue weighted by Crippen LogP contribution is -2.12. The molecule has 0 bridgehead atoms. The quantitative estimate of drug-likeness (QED) is 0.677. The monoisotopic (exact) mass is 311 g/mol. The van der Waals surface area contributed by atoms with Crippen LogP contribution in [-0.2, 0) is 11.3 Å². The Morgan fingerprint density at radius 2 is 2.19 bits per heavy atom. The van der Waals surface area contributed by atoms with Crippen molar-refractivity contribution >= 4 is 33.9 Å². The van der Waals surface area contributed by atoms with Gasteiger partial charge in [0, 0.05) is 0 Å². The number of nitrogen functional groups attached to an aromatic ring is 1. The third-order valence-electron chi connectivity index (χ3n) is 2.53. The number of carbonyl (C=O) groups is 2. The predicted molar refractivity (Wildman–Crippen MR) is 75.0 cm³/mol. The second-order valence-electron chi connectivity index (χ2n) is 3.99. The van der Waals surface area contributed by atoms with E-state index in [0.29, 0.717) is 16.7 Å². The number of hydrogen-bond donors (Lipinski definition) is 3. The molecule has 0 aromatic carbocycles. The molecule has 0 unspecified atom stereocenters. The molecule has 0 aliphatic carbocycles. The van der Waals surface area contributed by atoms with E-state index in [1.165, 1.54) is 7.11 Å². The first-order valence-electron chi connectivity index (χ1n) is 5.77. The molecule has 0 saturated carbocycles. The number of aromatic nitrogens is 2. The molecule has 10 heteroatoms. The number of nitrogens with one attached hydrogen (secondary N) is 1. The van der Waals surface area contributed by atoms with Crippen LogP contribution in [0.3, 0.4) is 0 Å². The molecule has 0 saturated heterocycles. The molecular formula is C11H13N5O4S. The van der Waals surface area contributed by atoms with E-state index >= 15 is 0 Å². The zero-order chi connectivity index (χ0) is 15.6. The first kappa shape index (κ1) is 14.8. The van der Waals surface area contributed by atoms with Gasteiger partial charge in [0.2, 0.25) is 5.89 Å². The Bertz CT molecular complexity index is 693. The van der Waals surface area contributed by atoms with Crippen molar-refractivity contribution in [2.45, 2.75) is 13.5 Å². The second kappa shape index (κ2) is 5.79. The van der Waals surface area contributed by atoms with Crippen molar-refractivity contribution in [3.63, 3.8) is 0 Å². The van der Waals surface area contributed by atoms with E-state index in [0.717, 1.165) is 11.3 Å². The minimum Gasteiger partial charge on any atom is -0.465 e. The lowest BCUT2D eigenvalue weighted by atomic mass is 10.2. The van der Waals surface area contributed by atoms with E-state index in [-0.39, 0.29) is 22.7 Å². The Morgan fingerprint density at radius 3 is 2.71 bits per heavy atom. The molecule has 112 valence electrons. The fourth-order valence-electron chi connectivity index (χ4n) is 1.62. The number of anilines is 2. The van der Waals surface area contributed by atoms with Crippen molar-refractivity contribution in [2.75, 3.05) is 18.2 Å². The molecule has 2 rings (SSSR count). The van der Waals surface area contributed by atoms with Gasteiger partial charge in [-0.15, -0.1) is 11.3 Å². The Balaban J connectivity index is 2.30. The molecule has 5 N–H and O–H groups in total. The molecule has 0 atom stereocenters. The Labute approximate surface area is 123 Å². The van der Waals surface area contributed by atoms with Crippen LogP contribution in [0.15, 0.2) is 4.52 Å². The number of nitrogens with two attached hydrogens (primary N) is 2. The summed E-state index contributed by atoms with van der Waals surface area (Å²) in [5, 5.41) is 6.90. The third kappa shape index (κ3) is 2.94. The van der Waals surface area contributed by atoms with Gasteiger partial charge in [0.25, 0.3) is 5.91 Å². The number of hydrogen-bond acceptors (Lipinski definition) is 9. The van der Waals surface area contributed by atoms with Gasteiger partial charge in [-0.1, -0.05) is 5.16 Å². The maximum absolute atomic E-state index is 11.8. The zero-order valence-electron chi connectivity index (χ0n) is 11.3. The van der Waals surface area contributed by atoms with Gasteiger partial charge >= 0.3 is 5.97 Å². The Kier molecular flexibility index (Phi) is 4.08. The van der Waals surface area contributed by atoms with Crippen LogP contribution in [0.5, 0.6) is 0 Å². The van der Waals surface area contributed by atoms with E-state index in [1.807, 2.05) is 0 Å². The van der Waals surface area contributed by atoms with Gasteiger partial charge in [-0.05, 0) is 6.92 Å². The largest absolute Gasteiger partial charge is 0.465 e. The molecule has 0 aliphatic heterocycles. The van der Waals surface area contributed by atoms with Crippen LogP contribution in [0.25, 0.3) is 0 Å². The number of amides is 1. The molecule has 1 amide bonds. The highest BCUT2D eigenvalue weighted by molar-refractivity contribution is 7.19. The summed E-state index contributed by atoms with van der Waals surface area (Å²) in [5.74, 6) is -0.566. The van der Waals surface area contributed by atoms with Gasteiger partial charge in [0.15, 0.2) is 5.82 Å². The highest BCUT2D eigenvalue weighted by Crippen LogP contribution is 2.36. The summed E-state index contributed by atoms with van der Waals surface area (Å²) in [6.07, 6.45) is 0. The predicted octanol–water partition coefficient (Wildman–Crippen LogP) is 0.519. The molecule has 0 fully saturated rings. The minimum atomic E-state index is -0.718. The van der Waals surface area contributed by atoms with E-state index in [1.54, 1.807) is 6.92 Å². The summed E-state index contributed by atoms with van der Waals surface area (Å²) in [6.45, 7) is 1.85. The lowest BCUT2D eigenvalue weighted by Gasteiger charge is -2.04. The lowest BCUT2D eigenvalue weighted by molar-refractivity contribution is 0.0603. The summed E-state index contributed by atoms with van der Waals surface area (Å²) in [5.41, 5.74) is 11.0. The first-order valence-corrected chi connectivity index (χ1v) is 6.59. The van der Waals surface area contributed by atoms with E-state index in [2.05, 4.69) is 20.2 Å². The molecule has 2 aromatic rings. The minimum absolute atomic E-state index is 0.0106. The highest BCUT2D eigenvalue weighted by atomic mass is 32.1. The average Bonchev–Trinajstić information content (AvgIpc) is 2.99. The van der Waals surface area contributed by atoms with Gasteiger partial charge in [0.05, 0.1) is 19.3 Å². The van der Waals surface area contributed by atoms with Gasteiger partial charge < -0.3 is 26.0 Å². The van der Waals surface area contributed by atoms with E-state index in [4.69, 9.17) is 16.0 Å². The van der Waals surface area contributed by atoms with Crippen LogP contribution >= 0.6 is 11.3 Å². The van der Waals surface area contributed by atoms with Gasteiger partial charge in [0.1, 0.15) is 15.4 Å². The van der Waals surface area contributed by atoms with Crippen LogP contribution in [0.4, 0.5) is 10.7 Å². The van der Waals surface area contributed by atoms with Gasteiger partial charge in [-0.3, -0.25) is 4.79 Å². The number of rotatable bonds is 5. The first-order chi connectivity index (χ1) is 9.93. The van der Waals surface area contributed by atoms with Crippen molar-refractivity contribution < 1.29 is 18.8 Å². The maximum atomic E-state index is 11.8. The summed E-state index contributed by atoms with van der Waals surface area (Å²) in [7, 11) is 1.22. The number of esters is 1. The summed E-state index contributed by atoms with van der Waals surface area (Å²) in [6, 6.07) is 0. The Hall–Kier alpha value is -2.62. The van der Waals surface area contributed by atoms with Crippen molar-refractivity contribution in [3.05, 3.63) is 22.2 Å². The SMILES string of the molecule is COC(=O)c1c(NCc2nc(C)no2)sc(C(N)=O)c1N. The van der Waals surface area contributed by atoms with E-state index in [9.17, 15) is 9.59 Å². The van der Waals surface area contributed by atoms with Crippen LogP contribution in [0.1, 0.15) is 31.7 Å². The van der Waals surface area contributed by atoms with Crippen molar-refractivity contribution in [1.29, 1.82) is 0 Å². The second-order valence-corrected chi connectivity index (χ2v) is 5.01.